The lowest BCUT2D eigenvalue weighted by atomic mass is 9.83. The molecule has 1 aliphatic carbocycles. The highest BCUT2D eigenvalue weighted by Gasteiger charge is 2.27. The molecule has 1 N–H and O–H groups in total. The third kappa shape index (κ3) is 5.00. The normalized spacial score (nSPS) is 16.5. The highest BCUT2D eigenvalue weighted by molar-refractivity contribution is 6.24. The summed E-state index contributed by atoms with van der Waals surface area (Å²) in [5, 5.41) is 18.2. The molecule has 1 rings (SSSR count). The van der Waals surface area contributed by atoms with Gasteiger partial charge in [0.25, 0.3) is 5.09 Å². The second-order valence-corrected chi connectivity index (χ2v) is 5.79. The van der Waals surface area contributed by atoms with E-state index in [4.69, 9.17) is 5.11 Å². The summed E-state index contributed by atoms with van der Waals surface area (Å²) in [4.78, 5) is 49.9. The largest absolute Gasteiger partial charge is 0.481 e. The molecule has 24 heavy (non-hydrogen) atoms. The Morgan fingerprint density at radius 3 is 2.25 bits per heavy atom. The number of nitrogens with zero attached hydrogens (tertiary/aromatic N) is 1. The van der Waals surface area contributed by atoms with Crippen molar-refractivity contribution in [3.05, 3.63) is 32.4 Å². The molecule has 0 aliphatic heterocycles. The van der Waals surface area contributed by atoms with E-state index in [1.165, 1.54) is 0 Å². The zero-order valence-electron chi connectivity index (χ0n) is 14.0. The highest BCUT2D eigenvalue weighted by Crippen LogP contribution is 2.28. The number of Topliss-reactive ketones (excluding diaryl/α,β-unsaturated/α-hetero) is 2. The van der Waals surface area contributed by atoms with E-state index >= 15 is 0 Å². The van der Waals surface area contributed by atoms with Crippen LogP contribution in [0.15, 0.2) is 22.3 Å². The molecule has 132 valence electrons. The lowest BCUT2D eigenvalue weighted by molar-refractivity contribution is -0.769. The van der Waals surface area contributed by atoms with E-state index in [0.717, 1.165) is 0 Å². The molecule has 0 amide bonds. The Balaban J connectivity index is 2.69. The summed E-state index contributed by atoms with van der Waals surface area (Å²) in [5.74, 6) is -1.40. The molecule has 0 heterocycles. The van der Waals surface area contributed by atoms with Crippen LogP contribution < -0.4 is 0 Å². The fraction of sp³-hybridized carbons (Fsp3) is 0.562. The third-order valence-corrected chi connectivity index (χ3v) is 4.18. The number of aliphatic carboxylic acids is 1. The highest BCUT2D eigenvalue weighted by atomic mass is 17.0. The zero-order chi connectivity index (χ0) is 18.4. The first-order valence-corrected chi connectivity index (χ1v) is 7.64. The van der Waals surface area contributed by atoms with E-state index < -0.39 is 17.2 Å². The van der Waals surface area contributed by atoms with Crippen LogP contribution in [0.1, 0.15) is 52.9 Å². The summed E-state index contributed by atoms with van der Waals surface area (Å²) in [6.07, 6.45) is -0.154. The zero-order valence-corrected chi connectivity index (χ0v) is 14.0. The molecular formula is C16H21NO7. The van der Waals surface area contributed by atoms with Gasteiger partial charge in [-0.05, 0) is 46.5 Å². The Kier molecular flexibility index (Phi) is 6.82. The average molecular weight is 339 g/mol. The molecule has 0 aromatic rings. The molecule has 0 aromatic carbocycles. The maximum Gasteiger partial charge on any atom is 0.303 e. The number of carboxylic acids is 1. The van der Waals surface area contributed by atoms with Crippen LogP contribution in [-0.4, -0.2) is 33.8 Å². The molecule has 0 aromatic heterocycles. The minimum Gasteiger partial charge on any atom is -0.481 e. The summed E-state index contributed by atoms with van der Waals surface area (Å²) in [5.41, 5.74) is 1.68. The lowest BCUT2D eigenvalue weighted by Gasteiger charge is -2.19. The molecule has 0 saturated carbocycles. The monoisotopic (exact) mass is 339 g/mol. The van der Waals surface area contributed by atoms with Gasteiger partial charge < -0.3 is 9.94 Å². The smallest absolute Gasteiger partial charge is 0.303 e. The molecule has 1 atom stereocenters. The second kappa shape index (κ2) is 8.37. The first-order chi connectivity index (χ1) is 11.1. The summed E-state index contributed by atoms with van der Waals surface area (Å²) in [6.45, 7) is 4.82. The number of hydrogen-bond donors (Lipinski definition) is 1. The molecule has 0 radical (unpaired) electrons. The van der Waals surface area contributed by atoms with E-state index in [1.54, 1.807) is 20.8 Å². The Bertz CT molecular complexity index is 630. The predicted octanol–water partition coefficient (Wildman–Crippen LogP) is 2.40. The Morgan fingerprint density at radius 2 is 1.71 bits per heavy atom. The van der Waals surface area contributed by atoms with E-state index in [-0.39, 0.29) is 30.8 Å². The van der Waals surface area contributed by atoms with Crippen molar-refractivity contribution in [2.24, 2.45) is 0 Å². The van der Waals surface area contributed by atoms with Crippen LogP contribution in [0, 0.1) is 10.1 Å². The molecule has 0 saturated heterocycles. The maximum absolute atomic E-state index is 12.3. The van der Waals surface area contributed by atoms with Crippen LogP contribution in [0.2, 0.25) is 0 Å². The van der Waals surface area contributed by atoms with Crippen molar-refractivity contribution >= 4 is 17.5 Å². The summed E-state index contributed by atoms with van der Waals surface area (Å²) in [6, 6.07) is 0. The van der Waals surface area contributed by atoms with Crippen molar-refractivity contribution in [3.63, 3.8) is 0 Å². The quantitative estimate of drug-likeness (QED) is 0.388. The van der Waals surface area contributed by atoms with Crippen LogP contribution in [0.3, 0.4) is 0 Å². The second-order valence-electron chi connectivity index (χ2n) is 5.79. The Labute approximate surface area is 139 Å². The number of rotatable bonds is 9. The molecule has 1 aliphatic rings. The number of carbonyl (C=O) groups excluding carboxylic acids is 2. The molecular weight excluding hydrogens is 318 g/mol. The van der Waals surface area contributed by atoms with Gasteiger partial charge in [-0.2, -0.15) is 0 Å². The first kappa shape index (κ1) is 19.5. The third-order valence-electron chi connectivity index (χ3n) is 4.18. The lowest BCUT2D eigenvalue weighted by Crippen LogP contribution is -2.22. The minimum absolute atomic E-state index is 0.0132. The van der Waals surface area contributed by atoms with Crippen LogP contribution in [0.4, 0.5) is 0 Å². The van der Waals surface area contributed by atoms with E-state index in [2.05, 4.69) is 4.84 Å². The van der Waals surface area contributed by atoms with Crippen LogP contribution in [-0.2, 0) is 19.2 Å². The summed E-state index contributed by atoms with van der Waals surface area (Å²) in [7, 11) is 0. The van der Waals surface area contributed by atoms with Crippen molar-refractivity contribution < 1.29 is 29.4 Å². The standard InChI is InChI=1S/C16H21NO7/c1-9-10(2)16(21)13(11(3)15(9)20)6-4-5-12(24-17(22)23)7-8-14(18)19/h12H,4-8H2,1-3H3,(H,18,19). The number of allylic oxidation sites excluding steroid dienone is 4. The van der Waals surface area contributed by atoms with Gasteiger partial charge in [0.1, 0.15) is 6.10 Å². The SMILES string of the molecule is CC1=C(C)C(=O)C(CCCC(CCC(=O)O)O[N+](=O)[O-])=C(C)C1=O. The van der Waals surface area contributed by atoms with Crippen LogP contribution in [0.25, 0.3) is 0 Å². The van der Waals surface area contributed by atoms with Crippen molar-refractivity contribution in [3.8, 4) is 0 Å². The van der Waals surface area contributed by atoms with Crippen LogP contribution in [0.5, 0.6) is 0 Å². The van der Waals surface area contributed by atoms with Gasteiger partial charge in [-0.3, -0.25) is 14.4 Å². The van der Waals surface area contributed by atoms with E-state index in [9.17, 15) is 24.5 Å². The minimum atomic E-state index is -1.06. The number of ketones is 2. The number of hydrogen-bond acceptors (Lipinski definition) is 6. The molecule has 0 spiro atoms. The Hall–Kier alpha value is -2.51. The maximum atomic E-state index is 12.3. The van der Waals surface area contributed by atoms with Gasteiger partial charge in [-0.1, -0.05) is 0 Å². The number of carboxylic acid groups (broad SMARTS) is 1. The summed E-state index contributed by atoms with van der Waals surface area (Å²) < 4.78 is 0. The van der Waals surface area contributed by atoms with E-state index in [1.807, 2.05) is 0 Å². The Morgan fingerprint density at radius 1 is 1.12 bits per heavy atom. The van der Waals surface area contributed by atoms with Crippen molar-refractivity contribution in [2.45, 2.75) is 59.0 Å². The van der Waals surface area contributed by atoms with Gasteiger partial charge in [0.15, 0.2) is 11.6 Å². The molecule has 0 bridgehead atoms. The summed E-state index contributed by atoms with van der Waals surface area (Å²) >= 11 is 0. The first-order valence-electron chi connectivity index (χ1n) is 7.64. The predicted molar refractivity (Wildman–Crippen MR) is 83.7 cm³/mol. The molecule has 8 heteroatoms. The van der Waals surface area contributed by atoms with Crippen molar-refractivity contribution in [1.82, 2.24) is 0 Å². The average Bonchev–Trinajstić information content (AvgIpc) is 2.51. The number of carbonyl (C=O) groups is 3. The van der Waals surface area contributed by atoms with Crippen LogP contribution >= 0.6 is 0 Å². The van der Waals surface area contributed by atoms with Gasteiger partial charge in [0.05, 0.1) is 0 Å². The van der Waals surface area contributed by atoms with Gasteiger partial charge in [0, 0.05) is 28.7 Å². The molecule has 8 nitrogen and oxygen atoms in total. The van der Waals surface area contributed by atoms with Gasteiger partial charge in [-0.15, -0.1) is 10.1 Å². The van der Waals surface area contributed by atoms with Crippen molar-refractivity contribution in [1.29, 1.82) is 0 Å². The van der Waals surface area contributed by atoms with Gasteiger partial charge >= 0.3 is 5.97 Å². The fourth-order valence-electron chi connectivity index (χ4n) is 2.62. The van der Waals surface area contributed by atoms with Crippen molar-refractivity contribution in [2.75, 3.05) is 0 Å². The van der Waals surface area contributed by atoms with E-state index in [0.29, 0.717) is 35.1 Å². The topological polar surface area (TPSA) is 124 Å². The van der Waals surface area contributed by atoms with Gasteiger partial charge in [0.2, 0.25) is 0 Å². The fourth-order valence-corrected chi connectivity index (χ4v) is 2.62. The van der Waals surface area contributed by atoms with Gasteiger partial charge in [-0.25, -0.2) is 0 Å². The molecule has 0 fully saturated rings. The molecule has 1 unspecified atom stereocenters.